The first-order valence-electron chi connectivity index (χ1n) is 6.74. The molecule has 1 aromatic rings. The van der Waals surface area contributed by atoms with Crippen LogP contribution in [0.1, 0.15) is 36.0 Å². The lowest BCUT2D eigenvalue weighted by Crippen LogP contribution is -2.42. The Kier molecular flexibility index (Phi) is 4.49. The van der Waals surface area contributed by atoms with Gasteiger partial charge >= 0.3 is 0 Å². The molecule has 7 heteroatoms. The third kappa shape index (κ3) is 3.51. The van der Waals surface area contributed by atoms with E-state index in [0.29, 0.717) is 12.8 Å². The molecule has 21 heavy (non-hydrogen) atoms. The lowest BCUT2D eigenvalue weighted by atomic mass is 10.0. The fourth-order valence-electron chi connectivity index (χ4n) is 2.75. The van der Waals surface area contributed by atoms with E-state index in [4.69, 9.17) is 11.6 Å². The van der Waals surface area contributed by atoms with Crippen LogP contribution in [0.25, 0.3) is 0 Å². The van der Waals surface area contributed by atoms with E-state index in [1.165, 1.54) is 24.1 Å². The standard InChI is InChI=1S/C14H17ClN2O4/c1-16(9-14(19)6-2-3-7-14)13(18)11-5-4-10(15)8-12(11)17(20)21/h4-5,8,19H,2-3,6-7,9H2,1H3. The molecule has 114 valence electrons. The van der Waals surface area contributed by atoms with Crippen LogP contribution in [0, 0.1) is 10.1 Å². The zero-order valence-electron chi connectivity index (χ0n) is 11.7. The Bertz CT molecular complexity index is 570. The van der Waals surface area contributed by atoms with Crippen molar-refractivity contribution in [1.82, 2.24) is 4.90 Å². The van der Waals surface area contributed by atoms with Gasteiger partial charge in [-0.3, -0.25) is 14.9 Å². The van der Waals surface area contributed by atoms with Crippen LogP contribution in [-0.2, 0) is 0 Å². The van der Waals surface area contributed by atoms with Crippen molar-refractivity contribution >= 4 is 23.2 Å². The molecule has 0 bridgehead atoms. The summed E-state index contributed by atoms with van der Waals surface area (Å²) in [6.07, 6.45) is 3.15. The van der Waals surface area contributed by atoms with E-state index in [2.05, 4.69) is 0 Å². The number of halogens is 1. The van der Waals surface area contributed by atoms with Gasteiger partial charge in [0.05, 0.1) is 10.5 Å². The minimum atomic E-state index is -0.883. The van der Waals surface area contributed by atoms with Gasteiger partial charge in [0.2, 0.25) is 0 Å². The number of nitro benzene ring substituents is 1. The third-order valence-corrected chi connectivity index (χ3v) is 4.03. The molecule has 0 heterocycles. The predicted molar refractivity (Wildman–Crippen MR) is 78.5 cm³/mol. The van der Waals surface area contributed by atoms with Crippen molar-refractivity contribution in [2.24, 2.45) is 0 Å². The third-order valence-electron chi connectivity index (χ3n) is 3.80. The lowest BCUT2D eigenvalue weighted by Gasteiger charge is -2.28. The molecule has 0 saturated heterocycles. The number of hydrogen-bond acceptors (Lipinski definition) is 4. The summed E-state index contributed by atoms with van der Waals surface area (Å²) in [6.45, 7) is 0.172. The van der Waals surface area contributed by atoms with Gasteiger partial charge in [0, 0.05) is 24.7 Å². The molecule has 6 nitrogen and oxygen atoms in total. The van der Waals surface area contributed by atoms with Crippen LogP contribution < -0.4 is 0 Å². The predicted octanol–water partition coefficient (Wildman–Crippen LogP) is 2.63. The van der Waals surface area contributed by atoms with Gasteiger partial charge in [0.1, 0.15) is 5.56 Å². The van der Waals surface area contributed by atoms with Crippen LogP contribution in [0.2, 0.25) is 5.02 Å². The van der Waals surface area contributed by atoms with Gasteiger partial charge in [-0.05, 0) is 25.0 Å². The molecule has 1 fully saturated rings. The minimum Gasteiger partial charge on any atom is -0.388 e. The number of aliphatic hydroxyl groups is 1. The second-order valence-corrected chi connectivity index (χ2v) is 5.95. The Morgan fingerprint density at radius 3 is 2.67 bits per heavy atom. The number of benzene rings is 1. The number of carbonyl (C=O) groups is 1. The highest BCUT2D eigenvalue weighted by Gasteiger charge is 2.34. The summed E-state index contributed by atoms with van der Waals surface area (Å²) in [7, 11) is 1.54. The van der Waals surface area contributed by atoms with Crippen molar-refractivity contribution in [2.45, 2.75) is 31.3 Å². The maximum absolute atomic E-state index is 12.4. The average Bonchev–Trinajstić information content (AvgIpc) is 2.84. The first-order chi connectivity index (χ1) is 9.82. The van der Waals surface area contributed by atoms with E-state index in [1.54, 1.807) is 0 Å². The van der Waals surface area contributed by atoms with E-state index < -0.39 is 16.4 Å². The van der Waals surface area contributed by atoms with Gasteiger partial charge in [0.25, 0.3) is 11.6 Å². The molecule has 0 aromatic heterocycles. The van der Waals surface area contributed by atoms with Crippen LogP contribution in [-0.4, -0.2) is 40.0 Å². The Balaban J connectivity index is 2.21. The molecule has 1 N–H and O–H groups in total. The molecule has 1 amide bonds. The normalized spacial score (nSPS) is 16.7. The molecule has 1 aliphatic rings. The highest BCUT2D eigenvalue weighted by atomic mass is 35.5. The summed E-state index contributed by atoms with van der Waals surface area (Å²) < 4.78 is 0. The fourth-order valence-corrected chi connectivity index (χ4v) is 2.91. The topological polar surface area (TPSA) is 83.7 Å². The quantitative estimate of drug-likeness (QED) is 0.684. The first kappa shape index (κ1) is 15.7. The van der Waals surface area contributed by atoms with Crippen molar-refractivity contribution < 1.29 is 14.8 Å². The molecule has 0 radical (unpaired) electrons. The molecule has 1 saturated carbocycles. The summed E-state index contributed by atoms with van der Waals surface area (Å²) in [5.41, 5.74) is -1.22. The first-order valence-corrected chi connectivity index (χ1v) is 7.12. The zero-order chi connectivity index (χ0) is 15.6. The summed E-state index contributed by atoms with van der Waals surface area (Å²) >= 11 is 5.74. The minimum absolute atomic E-state index is 0.0199. The molecule has 1 aromatic carbocycles. The van der Waals surface area contributed by atoms with Gasteiger partial charge in [-0.15, -0.1) is 0 Å². The fraction of sp³-hybridized carbons (Fsp3) is 0.500. The van der Waals surface area contributed by atoms with Gasteiger partial charge < -0.3 is 10.0 Å². The van der Waals surface area contributed by atoms with Crippen molar-refractivity contribution in [2.75, 3.05) is 13.6 Å². The number of likely N-dealkylation sites (N-methyl/N-ethyl adjacent to an activating group) is 1. The molecule has 2 rings (SSSR count). The summed E-state index contributed by atoms with van der Waals surface area (Å²) in [4.78, 5) is 24.1. The van der Waals surface area contributed by atoms with E-state index in [0.717, 1.165) is 18.9 Å². The van der Waals surface area contributed by atoms with Crippen LogP contribution in [0.15, 0.2) is 18.2 Å². The molecule has 0 spiro atoms. The Hall–Kier alpha value is -1.66. The molecular formula is C14H17ClN2O4. The zero-order valence-corrected chi connectivity index (χ0v) is 12.5. The van der Waals surface area contributed by atoms with Crippen molar-refractivity contribution in [3.63, 3.8) is 0 Å². The number of carbonyl (C=O) groups excluding carboxylic acids is 1. The molecule has 0 unspecified atom stereocenters. The van der Waals surface area contributed by atoms with E-state index in [1.807, 2.05) is 0 Å². The molecular weight excluding hydrogens is 296 g/mol. The largest absolute Gasteiger partial charge is 0.388 e. The van der Waals surface area contributed by atoms with Crippen LogP contribution in [0.3, 0.4) is 0 Å². The van der Waals surface area contributed by atoms with E-state index >= 15 is 0 Å². The van der Waals surface area contributed by atoms with Crippen LogP contribution in [0.4, 0.5) is 5.69 Å². The van der Waals surface area contributed by atoms with Crippen molar-refractivity contribution in [1.29, 1.82) is 0 Å². The highest BCUT2D eigenvalue weighted by molar-refractivity contribution is 6.31. The number of hydrogen-bond donors (Lipinski definition) is 1. The SMILES string of the molecule is CN(CC1(O)CCCC1)C(=O)c1ccc(Cl)cc1[N+](=O)[O-]. The highest BCUT2D eigenvalue weighted by Crippen LogP contribution is 2.31. The number of rotatable bonds is 4. The number of amides is 1. The maximum atomic E-state index is 12.4. The molecule has 0 aliphatic heterocycles. The number of nitro groups is 1. The van der Waals surface area contributed by atoms with Crippen LogP contribution >= 0.6 is 11.6 Å². The van der Waals surface area contributed by atoms with Gasteiger partial charge in [-0.1, -0.05) is 24.4 Å². The monoisotopic (exact) mass is 312 g/mol. The van der Waals surface area contributed by atoms with Gasteiger partial charge in [-0.2, -0.15) is 0 Å². The average molecular weight is 313 g/mol. The van der Waals surface area contributed by atoms with Crippen molar-refractivity contribution in [3.05, 3.63) is 38.9 Å². The summed E-state index contributed by atoms with van der Waals surface area (Å²) in [5.74, 6) is -0.487. The van der Waals surface area contributed by atoms with E-state index in [-0.39, 0.29) is 22.8 Å². The Morgan fingerprint density at radius 2 is 2.10 bits per heavy atom. The smallest absolute Gasteiger partial charge is 0.283 e. The maximum Gasteiger partial charge on any atom is 0.283 e. The second-order valence-electron chi connectivity index (χ2n) is 5.51. The number of nitrogens with zero attached hydrogens (tertiary/aromatic N) is 2. The van der Waals surface area contributed by atoms with Gasteiger partial charge in [0.15, 0.2) is 0 Å². The summed E-state index contributed by atoms with van der Waals surface area (Å²) in [5, 5.41) is 21.6. The molecule has 0 atom stereocenters. The second kappa shape index (κ2) is 5.99. The van der Waals surface area contributed by atoms with E-state index in [9.17, 15) is 20.0 Å². The Morgan fingerprint density at radius 1 is 1.48 bits per heavy atom. The van der Waals surface area contributed by atoms with Gasteiger partial charge in [-0.25, -0.2) is 0 Å². The Labute approximate surface area is 127 Å². The molecule has 1 aliphatic carbocycles. The van der Waals surface area contributed by atoms with Crippen molar-refractivity contribution in [3.8, 4) is 0 Å². The lowest BCUT2D eigenvalue weighted by molar-refractivity contribution is -0.385. The summed E-state index contributed by atoms with van der Waals surface area (Å²) in [6, 6.07) is 3.95. The van der Waals surface area contributed by atoms with Crippen LogP contribution in [0.5, 0.6) is 0 Å².